The van der Waals surface area contributed by atoms with E-state index in [9.17, 15) is 4.79 Å². The molecule has 0 aliphatic heterocycles. The van der Waals surface area contributed by atoms with Crippen LogP contribution in [0.15, 0.2) is 16.6 Å². The third-order valence-corrected chi connectivity index (χ3v) is 3.28. The van der Waals surface area contributed by atoms with Crippen LogP contribution in [0.25, 0.3) is 0 Å². The van der Waals surface area contributed by atoms with Crippen LogP contribution < -0.4 is 0 Å². The molecule has 0 aromatic heterocycles. The molecule has 0 saturated carbocycles. The lowest BCUT2D eigenvalue weighted by Gasteiger charge is -2.06. The molecule has 5 heteroatoms. The van der Waals surface area contributed by atoms with Gasteiger partial charge in [-0.1, -0.05) is 23.2 Å². The van der Waals surface area contributed by atoms with Gasteiger partial charge in [0.2, 0.25) is 0 Å². The zero-order valence-electron chi connectivity index (χ0n) is 8.02. The SMILES string of the molecule is CCOC(=O)Cc1cc(Br)c(Cl)cc1Cl. The van der Waals surface area contributed by atoms with Crippen LogP contribution in [0.2, 0.25) is 10.0 Å². The second-order valence-corrected chi connectivity index (χ2v) is 4.51. The number of esters is 1. The molecule has 0 saturated heterocycles. The summed E-state index contributed by atoms with van der Waals surface area (Å²) in [5.74, 6) is -0.298. The molecule has 1 aromatic rings. The van der Waals surface area contributed by atoms with Crippen molar-refractivity contribution in [3.8, 4) is 0 Å². The summed E-state index contributed by atoms with van der Waals surface area (Å²) in [4.78, 5) is 11.2. The van der Waals surface area contributed by atoms with Crippen LogP contribution >= 0.6 is 39.1 Å². The van der Waals surface area contributed by atoms with E-state index in [1.165, 1.54) is 0 Å². The van der Waals surface area contributed by atoms with Crippen molar-refractivity contribution in [3.05, 3.63) is 32.2 Å². The van der Waals surface area contributed by atoms with Crippen molar-refractivity contribution < 1.29 is 9.53 Å². The first-order valence-electron chi connectivity index (χ1n) is 4.33. The fourth-order valence-corrected chi connectivity index (χ4v) is 1.91. The van der Waals surface area contributed by atoms with E-state index in [1.807, 2.05) is 0 Å². The maximum atomic E-state index is 11.2. The molecule has 0 fully saturated rings. The van der Waals surface area contributed by atoms with Crippen LogP contribution in [0, 0.1) is 0 Å². The summed E-state index contributed by atoms with van der Waals surface area (Å²) >= 11 is 15.0. The molecule has 0 aliphatic rings. The molecule has 0 spiro atoms. The van der Waals surface area contributed by atoms with Crippen molar-refractivity contribution in [1.82, 2.24) is 0 Å². The molecular formula is C10H9BrCl2O2. The number of benzene rings is 1. The lowest BCUT2D eigenvalue weighted by molar-refractivity contribution is -0.142. The lowest BCUT2D eigenvalue weighted by Crippen LogP contribution is -2.07. The van der Waals surface area contributed by atoms with Gasteiger partial charge in [0.25, 0.3) is 0 Å². The molecule has 0 heterocycles. The Morgan fingerprint density at radius 1 is 1.40 bits per heavy atom. The smallest absolute Gasteiger partial charge is 0.310 e. The normalized spacial score (nSPS) is 10.1. The Morgan fingerprint density at radius 2 is 2.07 bits per heavy atom. The molecule has 0 N–H and O–H groups in total. The molecule has 82 valence electrons. The van der Waals surface area contributed by atoms with Crippen LogP contribution in [0.3, 0.4) is 0 Å². The number of carbonyl (C=O) groups is 1. The van der Waals surface area contributed by atoms with E-state index in [0.717, 1.165) is 0 Å². The average Bonchev–Trinajstić information content (AvgIpc) is 2.14. The first-order valence-corrected chi connectivity index (χ1v) is 5.88. The summed E-state index contributed by atoms with van der Waals surface area (Å²) in [6, 6.07) is 3.32. The van der Waals surface area contributed by atoms with Crippen LogP contribution in [-0.4, -0.2) is 12.6 Å². The third kappa shape index (κ3) is 3.67. The Bertz CT molecular complexity index is 380. The number of hydrogen-bond donors (Lipinski definition) is 0. The summed E-state index contributed by atoms with van der Waals surface area (Å²) in [5, 5.41) is 0.990. The summed E-state index contributed by atoms with van der Waals surface area (Å²) in [7, 11) is 0. The molecule has 2 nitrogen and oxygen atoms in total. The fraction of sp³-hybridized carbons (Fsp3) is 0.300. The maximum Gasteiger partial charge on any atom is 0.310 e. The van der Waals surface area contributed by atoms with Gasteiger partial charge in [0.05, 0.1) is 18.1 Å². The van der Waals surface area contributed by atoms with Gasteiger partial charge >= 0.3 is 5.97 Å². The van der Waals surface area contributed by atoms with Crippen LogP contribution in [0.1, 0.15) is 12.5 Å². The molecule has 1 rings (SSSR count). The Morgan fingerprint density at radius 3 is 2.67 bits per heavy atom. The molecule has 1 aromatic carbocycles. The van der Waals surface area contributed by atoms with Gasteiger partial charge in [-0.2, -0.15) is 0 Å². The third-order valence-electron chi connectivity index (χ3n) is 1.73. The molecule has 0 atom stereocenters. The second-order valence-electron chi connectivity index (χ2n) is 2.84. The van der Waals surface area contributed by atoms with E-state index >= 15 is 0 Å². The number of halogens is 3. The number of carbonyl (C=O) groups excluding carboxylic acids is 1. The Labute approximate surface area is 107 Å². The van der Waals surface area contributed by atoms with E-state index in [0.29, 0.717) is 26.7 Å². The van der Waals surface area contributed by atoms with Gasteiger partial charge in [-0.15, -0.1) is 0 Å². The van der Waals surface area contributed by atoms with Crippen LogP contribution in [-0.2, 0) is 16.0 Å². The average molecular weight is 312 g/mol. The highest BCUT2D eigenvalue weighted by molar-refractivity contribution is 9.10. The topological polar surface area (TPSA) is 26.3 Å². The predicted octanol–water partition coefficient (Wildman–Crippen LogP) is 3.86. The number of rotatable bonds is 3. The summed E-state index contributed by atoms with van der Waals surface area (Å²) < 4.78 is 5.54. The summed E-state index contributed by atoms with van der Waals surface area (Å²) in [6.45, 7) is 2.13. The number of hydrogen-bond acceptors (Lipinski definition) is 2. The quantitative estimate of drug-likeness (QED) is 0.626. The van der Waals surface area contributed by atoms with Crippen molar-refractivity contribution in [2.45, 2.75) is 13.3 Å². The molecule has 0 unspecified atom stereocenters. The highest BCUT2D eigenvalue weighted by atomic mass is 79.9. The Hall–Kier alpha value is -0.250. The lowest BCUT2D eigenvalue weighted by atomic mass is 10.1. The first-order chi connectivity index (χ1) is 7.04. The molecule has 0 radical (unpaired) electrons. The molecule has 0 bridgehead atoms. The fourth-order valence-electron chi connectivity index (χ4n) is 1.07. The van der Waals surface area contributed by atoms with Gasteiger partial charge in [-0.3, -0.25) is 4.79 Å². The predicted molar refractivity (Wildman–Crippen MR) is 64.5 cm³/mol. The van der Waals surface area contributed by atoms with Crippen LogP contribution in [0.4, 0.5) is 0 Å². The Balaban J connectivity index is 2.86. The van der Waals surface area contributed by atoms with Gasteiger partial charge in [0.15, 0.2) is 0 Å². The van der Waals surface area contributed by atoms with Gasteiger partial charge in [-0.25, -0.2) is 0 Å². The molecule has 0 amide bonds. The van der Waals surface area contributed by atoms with Crippen molar-refractivity contribution in [2.75, 3.05) is 6.61 Å². The van der Waals surface area contributed by atoms with Gasteiger partial charge in [-0.05, 0) is 40.5 Å². The van der Waals surface area contributed by atoms with Crippen molar-refractivity contribution in [3.63, 3.8) is 0 Å². The zero-order chi connectivity index (χ0) is 11.4. The van der Waals surface area contributed by atoms with Crippen molar-refractivity contribution in [1.29, 1.82) is 0 Å². The minimum Gasteiger partial charge on any atom is -0.466 e. The van der Waals surface area contributed by atoms with E-state index in [1.54, 1.807) is 19.1 Å². The molecular weight excluding hydrogens is 303 g/mol. The largest absolute Gasteiger partial charge is 0.466 e. The summed E-state index contributed by atoms with van der Waals surface area (Å²) in [6.07, 6.45) is 0.155. The number of ether oxygens (including phenoxy) is 1. The molecule has 15 heavy (non-hydrogen) atoms. The van der Waals surface area contributed by atoms with Crippen molar-refractivity contribution in [2.24, 2.45) is 0 Å². The Kier molecular flexibility index (Phi) is 4.90. The zero-order valence-corrected chi connectivity index (χ0v) is 11.1. The second kappa shape index (κ2) is 5.73. The van der Waals surface area contributed by atoms with E-state index in [-0.39, 0.29) is 12.4 Å². The summed E-state index contributed by atoms with van der Waals surface area (Å²) in [5.41, 5.74) is 0.700. The van der Waals surface area contributed by atoms with Crippen molar-refractivity contribution >= 4 is 45.1 Å². The van der Waals surface area contributed by atoms with Crippen LogP contribution in [0.5, 0.6) is 0 Å². The minimum absolute atomic E-state index is 0.155. The highest BCUT2D eigenvalue weighted by Crippen LogP contribution is 2.29. The standard InChI is InChI=1S/C10H9BrCl2O2/c1-2-15-10(14)4-6-3-7(11)9(13)5-8(6)12/h3,5H,2,4H2,1H3. The van der Waals surface area contributed by atoms with Gasteiger partial charge < -0.3 is 4.74 Å². The van der Waals surface area contributed by atoms with E-state index in [4.69, 9.17) is 27.9 Å². The van der Waals surface area contributed by atoms with E-state index in [2.05, 4.69) is 15.9 Å². The van der Waals surface area contributed by atoms with E-state index < -0.39 is 0 Å². The first kappa shape index (κ1) is 12.8. The monoisotopic (exact) mass is 310 g/mol. The molecule has 0 aliphatic carbocycles. The van der Waals surface area contributed by atoms with Gasteiger partial charge in [0.1, 0.15) is 0 Å². The highest BCUT2D eigenvalue weighted by Gasteiger charge is 2.10. The van der Waals surface area contributed by atoms with Gasteiger partial charge in [0, 0.05) is 9.50 Å². The maximum absolute atomic E-state index is 11.2. The minimum atomic E-state index is -0.298.